The van der Waals surface area contributed by atoms with Crippen molar-refractivity contribution in [3.05, 3.63) is 51.7 Å². The summed E-state index contributed by atoms with van der Waals surface area (Å²) in [6.45, 7) is 4.25. The highest BCUT2D eigenvalue weighted by Gasteiger charge is 2.43. The summed E-state index contributed by atoms with van der Waals surface area (Å²) < 4.78 is 0. The molecule has 0 radical (unpaired) electrons. The van der Waals surface area contributed by atoms with Crippen LogP contribution in [0.1, 0.15) is 28.3 Å². The third-order valence-corrected chi connectivity index (χ3v) is 6.00. The third-order valence-electron chi connectivity index (χ3n) is 5.13. The number of carbonyl (C=O) groups excluding carboxylic acids is 1. The van der Waals surface area contributed by atoms with E-state index in [2.05, 4.69) is 48.0 Å². The second-order valence-electron chi connectivity index (χ2n) is 6.81. The standard InChI is InChI=1S/C19H22N2OS/c1-13-5-6-17-15(10-13)16-12-20(2)8-7-18(16)21(17)19(22)11-14-4-3-9-23-14/h3-6,9-10,16,18H,7-8,11-12H2,1-2H3/t16-,18-/m1/s1. The Labute approximate surface area is 141 Å². The number of carbonyl (C=O) groups is 1. The van der Waals surface area contributed by atoms with Crippen LogP contribution in [0.4, 0.5) is 5.69 Å². The van der Waals surface area contributed by atoms with Crippen LogP contribution in [0.2, 0.25) is 0 Å². The van der Waals surface area contributed by atoms with Gasteiger partial charge in [-0.15, -0.1) is 11.3 Å². The molecule has 0 unspecified atom stereocenters. The molecule has 1 saturated heterocycles. The van der Waals surface area contributed by atoms with Gasteiger partial charge in [0.1, 0.15) is 0 Å². The summed E-state index contributed by atoms with van der Waals surface area (Å²) in [6.07, 6.45) is 1.58. The van der Waals surface area contributed by atoms with Crippen molar-refractivity contribution in [3.8, 4) is 0 Å². The zero-order valence-corrected chi connectivity index (χ0v) is 14.5. The Bertz CT molecular complexity index is 725. The van der Waals surface area contributed by atoms with Crippen molar-refractivity contribution in [2.45, 2.75) is 31.7 Å². The Morgan fingerprint density at radius 1 is 1.35 bits per heavy atom. The number of likely N-dealkylation sites (N-methyl/N-ethyl adjacent to an activating group) is 1. The minimum absolute atomic E-state index is 0.245. The Hall–Kier alpha value is -1.65. The first-order valence-electron chi connectivity index (χ1n) is 8.27. The molecule has 1 aromatic heterocycles. The fraction of sp³-hybridized carbons (Fsp3) is 0.421. The van der Waals surface area contributed by atoms with E-state index in [9.17, 15) is 4.79 Å². The summed E-state index contributed by atoms with van der Waals surface area (Å²) in [7, 11) is 2.18. The molecule has 1 amide bonds. The number of thiophene rings is 1. The molecule has 3 nitrogen and oxygen atoms in total. The predicted molar refractivity (Wildman–Crippen MR) is 95.3 cm³/mol. The van der Waals surface area contributed by atoms with Crippen LogP contribution in [0.5, 0.6) is 0 Å². The number of likely N-dealkylation sites (tertiary alicyclic amines) is 1. The monoisotopic (exact) mass is 326 g/mol. The molecule has 2 aliphatic heterocycles. The number of aryl methyl sites for hydroxylation is 1. The Balaban J connectivity index is 1.70. The van der Waals surface area contributed by atoms with E-state index in [4.69, 9.17) is 0 Å². The quantitative estimate of drug-likeness (QED) is 0.844. The molecule has 2 aromatic rings. The zero-order valence-electron chi connectivity index (χ0n) is 13.7. The first-order valence-corrected chi connectivity index (χ1v) is 9.15. The van der Waals surface area contributed by atoms with Crippen LogP contribution in [0.25, 0.3) is 0 Å². The molecular formula is C19H22N2OS. The van der Waals surface area contributed by atoms with Crippen LogP contribution in [0.15, 0.2) is 35.7 Å². The summed E-state index contributed by atoms with van der Waals surface area (Å²) in [4.78, 5) is 18.7. The van der Waals surface area contributed by atoms with Gasteiger partial charge >= 0.3 is 0 Å². The lowest BCUT2D eigenvalue weighted by molar-refractivity contribution is -0.118. The van der Waals surface area contributed by atoms with Crippen LogP contribution in [0, 0.1) is 6.92 Å². The van der Waals surface area contributed by atoms with Gasteiger partial charge in [0.2, 0.25) is 5.91 Å². The van der Waals surface area contributed by atoms with E-state index in [1.165, 1.54) is 11.1 Å². The van der Waals surface area contributed by atoms with Gasteiger partial charge in [-0.2, -0.15) is 0 Å². The minimum Gasteiger partial charge on any atom is -0.308 e. The highest BCUT2D eigenvalue weighted by atomic mass is 32.1. The number of benzene rings is 1. The van der Waals surface area contributed by atoms with Gasteiger partial charge in [-0.1, -0.05) is 23.8 Å². The summed E-state index contributed by atoms with van der Waals surface area (Å²) in [5.74, 6) is 0.700. The second kappa shape index (κ2) is 5.77. The van der Waals surface area contributed by atoms with Crippen LogP contribution in [-0.4, -0.2) is 37.0 Å². The number of amides is 1. The molecule has 2 atom stereocenters. The lowest BCUT2D eigenvalue weighted by Crippen LogP contribution is -2.47. The molecule has 0 spiro atoms. The summed E-state index contributed by atoms with van der Waals surface area (Å²) >= 11 is 1.67. The number of hydrogen-bond donors (Lipinski definition) is 0. The van der Waals surface area contributed by atoms with E-state index in [0.717, 1.165) is 30.1 Å². The van der Waals surface area contributed by atoms with Crippen molar-refractivity contribution in [1.82, 2.24) is 4.90 Å². The Morgan fingerprint density at radius 2 is 2.22 bits per heavy atom. The van der Waals surface area contributed by atoms with Crippen molar-refractivity contribution >= 4 is 22.9 Å². The Kier molecular flexibility index (Phi) is 3.74. The highest BCUT2D eigenvalue weighted by Crippen LogP contribution is 2.45. The van der Waals surface area contributed by atoms with Crippen LogP contribution < -0.4 is 4.90 Å². The molecule has 120 valence electrons. The van der Waals surface area contributed by atoms with E-state index >= 15 is 0 Å². The molecule has 0 saturated carbocycles. The van der Waals surface area contributed by atoms with E-state index in [-0.39, 0.29) is 5.91 Å². The van der Waals surface area contributed by atoms with Crippen molar-refractivity contribution in [3.63, 3.8) is 0 Å². The molecule has 2 aliphatic rings. The average molecular weight is 326 g/mol. The molecular weight excluding hydrogens is 304 g/mol. The summed E-state index contributed by atoms with van der Waals surface area (Å²) in [6, 6.07) is 11.0. The highest BCUT2D eigenvalue weighted by molar-refractivity contribution is 7.10. The number of hydrogen-bond acceptors (Lipinski definition) is 3. The van der Waals surface area contributed by atoms with Crippen molar-refractivity contribution < 1.29 is 4.79 Å². The van der Waals surface area contributed by atoms with Crippen molar-refractivity contribution in [2.24, 2.45) is 0 Å². The predicted octanol–water partition coefficient (Wildman–Crippen LogP) is 3.43. The van der Waals surface area contributed by atoms with Crippen LogP contribution >= 0.6 is 11.3 Å². The number of rotatable bonds is 2. The molecule has 4 heteroatoms. The molecule has 0 bridgehead atoms. The topological polar surface area (TPSA) is 23.6 Å². The maximum Gasteiger partial charge on any atom is 0.232 e. The molecule has 1 fully saturated rings. The van der Waals surface area contributed by atoms with E-state index in [1.54, 1.807) is 11.3 Å². The van der Waals surface area contributed by atoms with Gasteiger partial charge in [-0.3, -0.25) is 4.79 Å². The van der Waals surface area contributed by atoms with Gasteiger partial charge in [0.05, 0.1) is 6.42 Å². The zero-order chi connectivity index (χ0) is 16.0. The fourth-order valence-corrected chi connectivity index (χ4v) is 4.75. The van der Waals surface area contributed by atoms with Crippen LogP contribution in [-0.2, 0) is 11.2 Å². The maximum absolute atomic E-state index is 13.0. The third kappa shape index (κ3) is 2.60. The lowest BCUT2D eigenvalue weighted by atomic mass is 9.89. The normalized spacial score (nSPS) is 23.7. The van der Waals surface area contributed by atoms with Gasteiger partial charge in [0.15, 0.2) is 0 Å². The Morgan fingerprint density at radius 3 is 3.00 bits per heavy atom. The minimum atomic E-state index is 0.245. The summed E-state index contributed by atoms with van der Waals surface area (Å²) in [5.41, 5.74) is 3.78. The molecule has 1 aromatic carbocycles. The lowest BCUT2D eigenvalue weighted by Gasteiger charge is -2.36. The second-order valence-corrected chi connectivity index (χ2v) is 7.84. The van der Waals surface area contributed by atoms with E-state index in [0.29, 0.717) is 18.4 Å². The molecule has 4 rings (SSSR count). The number of piperidine rings is 1. The fourth-order valence-electron chi connectivity index (χ4n) is 4.05. The largest absolute Gasteiger partial charge is 0.308 e. The first kappa shape index (κ1) is 14.9. The molecule has 0 N–H and O–H groups in total. The number of nitrogens with zero attached hydrogens (tertiary/aromatic N) is 2. The van der Waals surface area contributed by atoms with E-state index in [1.807, 2.05) is 11.4 Å². The van der Waals surface area contributed by atoms with Crippen molar-refractivity contribution in [2.75, 3.05) is 25.0 Å². The molecule has 0 aliphatic carbocycles. The smallest absolute Gasteiger partial charge is 0.232 e. The van der Waals surface area contributed by atoms with E-state index < -0.39 is 0 Å². The summed E-state index contributed by atoms with van der Waals surface area (Å²) in [5, 5.41) is 2.04. The maximum atomic E-state index is 13.0. The number of anilines is 1. The molecule has 3 heterocycles. The molecule has 23 heavy (non-hydrogen) atoms. The van der Waals surface area contributed by atoms with Crippen LogP contribution in [0.3, 0.4) is 0 Å². The van der Waals surface area contributed by atoms with Crippen molar-refractivity contribution in [1.29, 1.82) is 0 Å². The average Bonchev–Trinajstić information content (AvgIpc) is 3.13. The van der Waals surface area contributed by atoms with Gasteiger partial charge in [0.25, 0.3) is 0 Å². The SMILES string of the molecule is Cc1ccc2c(c1)[C@H]1CN(C)CC[C@H]1N2C(=O)Cc1cccs1. The number of fused-ring (bicyclic) bond motifs is 3. The van der Waals surface area contributed by atoms with Gasteiger partial charge in [-0.25, -0.2) is 0 Å². The van der Waals surface area contributed by atoms with Gasteiger partial charge in [-0.05, 0) is 50.0 Å². The van der Waals surface area contributed by atoms with Gasteiger partial charge in [0, 0.05) is 29.1 Å². The van der Waals surface area contributed by atoms with Gasteiger partial charge < -0.3 is 9.80 Å². The first-order chi connectivity index (χ1) is 11.1.